The number of rotatable bonds is 2. The standard InChI is InChI=1S/C12H15BrFNOS/c1-15-5-6-17-7-10(15)12(16)8-3-2-4-9(13)11(8)14/h2-4,10,12,16H,5-7H2,1H3. The van der Waals surface area contributed by atoms with Crippen LogP contribution in [0.25, 0.3) is 0 Å². The van der Waals surface area contributed by atoms with Crippen LogP contribution < -0.4 is 0 Å². The molecule has 0 radical (unpaired) electrons. The fourth-order valence-electron chi connectivity index (χ4n) is 1.99. The molecule has 1 saturated heterocycles. The predicted octanol–water partition coefficient (Wildman–Crippen LogP) is 2.67. The molecule has 1 N–H and O–H groups in total. The highest BCUT2D eigenvalue weighted by atomic mass is 79.9. The molecular formula is C12H15BrFNOS. The molecule has 2 unspecified atom stereocenters. The lowest BCUT2D eigenvalue weighted by Gasteiger charge is -2.35. The summed E-state index contributed by atoms with van der Waals surface area (Å²) in [5.74, 6) is 1.55. The zero-order chi connectivity index (χ0) is 12.4. The van der Waals surface area contributed by atoms with E-state index in [1.807, 2.05) is 7.05 Å². The van der Waals surface area contributed by atoms with E-state index < -0.39 is 6.10 Å². The Balaban J connectivity index is 2.23. The Bertz CT molecular complexity index is 404. The smallest absolute Gasteiger partial charge is 0.143 e. The highest BCUT2D eigenvalue weighted by Gasteiger charge is 2.29. The molecule has 1 aromatic carbocycles. The second-order valence-electron chi connectivity index (χ2n) is 4.21. The third-order valence-electron chi connectivity index (χ3n) is 3.11. The van der Waals surface area contributed by atoms with Crippen molar-refractivity contribution in [2.45, 2.75) is 12.1 Å². The number of nitrogens with zero attached hydrogens (tertiary/aromatic N) is 1. The van der Waals surface area contributed by atoms with Crippen LogP contribution in [0, 0.1) is 5.82 Å². The first kappa shape index (κ1) is 13.3. The van der Waals surface area contributed by atoms with E-state index in [9.17, 15) is 9.50 Å². The summed E-state index contributed by atoms with van der Waals surface area (Å²) in [5, 5.41) is 10.3. The van der Waals surface area contributed by atoms with Gasteiger partial charge in [-0.2, -0.15) is 11.8 Å². The van der Waals surface area contributed by atoms with Crippen molar-refractivity contribution in [3.63, 3.8) is 0 Å². The van der Waals surface area contributed by atoms with E-state index in [1.165, 1.54) is 0 Å². The molecule has 94 valence electrons. The van der Waals surface area contributed by atoms with Gasteiger partial charge in [0.05, 0.1) is 10.6 Å². The molecule has 2 rings (SSSR count). The highest BCUT2D eigenvalue weighted by molar-refractivity contribution is 9.10. The number of thioether (sulfide) groups is 1. The first-order chi connectivity index (χ1) is 8.11. The van der Waals surface area contributed by atoms with E-state index >= 15 is 0 Å². The second kappa shape index (κ2) is 5.69. The van der Waals surface area contributed by atoms with Gasteiger partial charge in [0, 0.05) is 29.7 Å². The number of hydrogen-bond donors (Lipinski definition) is 1. The van der Waals surface area contributed by atoms with Crippen molar-refractivity contribution in [1.29, 1.82) is 0 Å². The first-order valence-electron chi connectivity index (χ1n) is 5.51. The summed E-state index contributed by atoms with van der Waals surface area (Å²) >= 11 is 4.95. The zero-order valence-corrected chi connectivity index (χ0v) is 12.0. The zero-order valence-electron chi connectivity index (χ0n) is 9.57. The number of aliphatic hydroxyl groups excluding tert-OH is 1. The maximum atomic E-state index is 13.9. The molecule has 0 aromatic heterocycles. The second-order valence-corrected chi connectivity index (χ2v) is 6.21. The highest BCUT2D eigenvalue weighted by Crippen LogP contribution is 2.30. The van der Waals surface area contributed by atoms with Crippen LogP contribution >= 0.6 is 27.7 Å². The van der Waals surface area contributed by atoms with Gasteiger partial charge in [-0.15, -0.1) is 0 Å². The number of aliphatic hydroxyl groups is 1. The third-order valence-corrected chi connectivity index (χ3v) is 4.77. The summed E-state index contributed by atoms with van der Waals surface area (Å²) in [5.41, 5.74) is 0.374. The number of benzene rings is 1. The fourth-order valence-corrected chi connectivity index (χ4v) is 3.64. The molecule has 1 heterocycles. The van der Waals surface area contributed by atoms with Gasteiger partial charge in [0.2, 0.25) is 0 Å². The van der Waals surface area contributed by atoms with Crippen molar-refractivity contribution < 1.29 is 9.50 Å². The van der Waals surface area contributed by atoms with E-state index in [-0.39, 0.29) is 11.9 Å². The van der Waals surface area contributed by atoms with Crippen LogP contribution in [0.15, 0.2) is 22.7 Å². The summed E-state index contributed by atoms with van der Waals surface area (Å²) in [6.45, 7) is 0.933. The van der Waals surface area contributed by atoms with Gasteiger partial charge in [0.25, 0.3) is 0 Å². The number of halogens is 2. The summed E-state index contributed by atoms with van der Waals surface area (Å²) < 4.78 is 14.3. The molecule has 1 aliphatic heterocycles. The van der Waals surface area contributed by atoms with E-state index in [2.05, 4.69) is 20.8 Å². The fraction of sp³-hybridized carbons (Fsp3) is 0.500. The largest absolute Gasteiger partial charge is 0.387 e. The van der Waals surface area contributed by atoms with Crippen LogP contribution in [0.3, 0.4) is 0 Å². The molecule has 0 saturated carbocycles. The molecule has 5 heteroatoms. The van der Waals surface area contributed by atoms with Crippen molar-refractivity contribution in [1.82, 2.24) is 4.90 Å². The minimum absolute atomic E-state index is 0.0162. The molecule has 1 aromatic rings. The normalized spacial score (nSPS) is 23.6. The van der Waals surface area contributed by atoms with E-state index in [0.717, 1.165) is 18.1 Å². The molecule has 17 heavy (non-hydrogen) atoms. The average Bonchev–Trinajstić information content (AvgIpc) is 2.32. The Morgan fingerprint density at radius 3 is 3.06 bits per heavy atom. The summed E-state index contributed by atoms with van der Waals surface area (Å²) in [7, 11) is 1.98. The van der Waals surface area contributed by atoms with Gasteiger partial charge in [-0.1, -0.05) is 12.1 Å². The van der Waals surface area contributed by atoms with Gasteiger partial charge in [-0.25, -0.2) is 4.39 Å². The third kappa shape index (κ3) is 2.84. The van der Waals surface area contributed by atoms with Crippen LogP contribution in [-0.4, -0.2) is 41.1 Å². The molecule has 2 nitrogen and oxygen atoms in total. The lowest BCUT2D eigenvalue weighted by Crippen LogP contribution is -2.43. The number of likely N-dealkylation sites (N-methyl/N-ethyl adjacent to an activating group) is 1. The Labute approximate surface area is 113 Å². The van der Waals surface area contributed by atoms with Gasteiger partial charge in [0.1, 0.15) is 5.82 Å². The lowest BCUT2D eigenvalue weighted by molar-refractivity contribution is 0.0730. The molecule has 0 bridgehead atoms. The lowest BCUT2D eigenvalue weighted by atomic mass is 10.0. The molecular weight excluding hydrogens is 305 g/mol. The summed E-state index contributed by atoms with van der Waals surface area (Å²) in [4.78, 5) is 2.10. The SMILES string of the molecule is CN1CCSCC1C(O)c1cccc(Br)c1F. The summed E-state index contributed by atoms with van der Waals surface area (Å²) in [6, 6.07) is 5.03. The van der Waals surface area contributed by atoms with Crippen LogP contribution in [0.4, 0.5) is 4.39 Å². The van der Waals surface area contributed by atoms with Crippen molar-refractivity contribution in [3.8, 4) is 0 Å². The van der Waals surface area contributed by atoms with Crippen LogP contribution in [0.5, 0.6) is 0 Å². The number of hydrogen-bond acceptors (Lipinski definition) is 3. The molecule has 0 amide bonds. The van der Waals surface area contributed by atoms with E-state index in [1.54, 1.807) is 30.0 Å². The Kier molecular flexibility index (Phi) is 4.47. The maximum absolute atomic E-state index is 13.9. The van der Waals surface area contributed by atoms with Crippen LogP contribution in [0.2, 0.25) is 0 Å². The van der Waals surface area contributed by atoms with Crippen molar-refractivity contribution >= 4 is 27.7 Å². The molecule has 2 atom stereocenters. The van der Waals surface area contributed by atoms with Gasteiger partial charge < -0.3 is 5.11 Å². The minimum Gasteiger partial charge on any atom is -0.387 e. The molecule has 1 aliphatic rings. The minimum atomic E-state index is -0.773. The van der Waals surface area contributed by atoms with Crippen LogP contribution in [-0.2, 0) is 0 Å². The topological polar surface area (TPSA) is 23.5 Å². The average molecular weight is 320 g/mol. The van der Waals surface area contributed by atoms with Crippen LogP contribution in [0.1, 0.15) is 11.7 Å². The molecule has 0 spiro atoms. The van der Waals surface area contributed by atoms with E-state index in [4.69, 9.17) is 0 Å². The van der Waals surface area contributed by atoms with E-state index in [0.29, 0.717) is 10.0 Å². The van der Waals surface area contributed by atoms with Crippen molar-refractivity contribution in [2.75, 3.05) is 25.1 Å². The van der Waals surface area contributed by atoms with Gasteiger partial charge in [-0.3, -0.25) is 4.90 Å². The molecule has 1 fully saturated rings. The van der Waals surface area contributed by atoms with Gasteiger partial charge in [-0.05, 0) is 29.0 Å². The first-order valence-corrected chi connectivity index (χ1v) is 7.46. The van der Waals surface area contributed by atoms with Crippen molar-refractivity contribution in [3.05, 3.63) is 34.1 Å². The maximum Gasteiger partial charge on any atom is 0.143 e. The molecule has 0 aliphatic carbocycles. The van der Waals surface area contributed by atoms with Gasteiger partial charge >= 0.3 is 0 Å². The summed E-state index contributed by atoms with van der Waals surface area (Å²) in [6.07, 6.45) is -0.773. The Morgan fingerprint density at radius 1 is 1.59 bits per heavy atom. The quantitative estimate of drug-likeness (QED) is 0.906. The van der Waals surface area contributed by atoms with Crippen molar-refractivity contribution in [2.24, 2.45) is 0 Å². The Morgan fingerprint density at radius 2 is 2.35 bits per heavy atom. The monoisotopic (exact) mass is 319 g/mol. The van der Waals surface area contributed by atoms with Gasteiger partial charge in [0.15, 0.2) is 0 Å². The predicted molar refractivity (Wildman–Crippen MR) is 72.8 cm³/mol. The Hall–Kier alpha value is -0.100.